The number of carbonyl (C=O) groups is 1. The number of ether oxygens (including phenoxy) is 1. The van der Waals surface area contributed by atoms with E-state index in [9.17, 15) is 13.2 Å². The van der Waals surface area contributed by atoms with Crippen molar-refractivity contribution in [3.05, 3.63) is 0 Å². The summed E-state index contributed by atoms with van der Waals surface area (Å²) in [6, 6.07) is -0.0888. The topological polar surface area (TPSA) is 82.2 Å². The van der Waals surface area contributed by atoms with Crippen LogP contribution < -0.4 is 5.32 Å². The lowest BCUT2D eigenvalue weighted by molar-refractivity contribution is -0.134. The predicted molar refractivity (Wildman–Crippen MR) is 96.9 cm³/mol. The smallest absolute Gasteiger partial charge is 0.282 e. The second-order valence-corrected chi connectivity index (χ2v) is 8.88. The van der Waals surface area contributed by atoms with Crippen LogP contribution in [0.5, 0.6) is 0 Å². The van der Waals surface area contributed by atoms with Crippen molar-refractivity contribution in [1.82, 2.24) is 18.8 Å². The quantitative estimate of drug-likeness (QED) is 0.705. The van der Waals surface area contributed by atoms with Gasteiger partial charge in [-0.1, -0.05) is 0 Å². The molecule has 0 bridgehead atoms. The normalized spacial score (nSPS) is 32.4. The van der Waals surface area contributed by atoms with Crippen molar-refractivity contribution in [3.8, 4) is 0 Å². The Morgan fingerprint density at radius 1 is 1.04 bits per heavy atom. The number of carbonyl (C=O) groups excluding carboxylic acids is 1. The van der Waals surface area contributed by atoms with E-state index in [-0.39, 0.29) is 36.6 Å². The zero-order valence-electron chi connectivity index (χ0n) is 14.9. The number of morpholine rings is 1. The first-order valence-corrected chi connectivity index (χ1v) is 10.2. The summed E-state index contributed by atoms with van der Waals surface area (Å²) in [4.78, 5) is 14.2. The van der Waals surface area contributed by atoms with Gasteiger partial charge in [0.25, 0.3) is 10.2 Å². The fourth-order valence-corrected chi connectivity index (χ4v) is 5.49. The largest absolute Gasteiger partial charge is 0.373 e. The first kappa shape index (κ1) is 20.9. The van der Waals surface area contributed by atoms with Gasteiger partial charge >= 0.3 is 0 Å². The highest BCUT2D eigenvalue weighted by atomic mass is 35.5. The van der Waals surface area contributed by atoms with E-state index in [0.29, 0.717) is 39.3 Å². The Kier molecular flexibility index (Phi) is 7.09. The maximum atomic E-state index is 12.8. The molecule has 3 aliphatic rings. The van der Waals surface area contributed by atoms with E-state index in [4.69, 9.17) is 4.74 Å². The van der Waals surface area contributed by atoms with E-state index < -0.39 is 10.2 Å². The first-order valence-electron chi connectivity index (χ1n) is 8.81. The van der Waals surface area contributed by atoms with E-state index in [2.05, 4.69) is 5.32 Å². The number of rotatable bonds is 3. The summed E-state index contributed by atoms with van der Waals surface area (Å²) in [6.07, 6.45) is 1.71. The van der Waals surface area contributed by atoms with Crippen LogP contribution in [-0.4, -0.2) is 91.9 Å². The van der Waals surface area contributed by atoms with E-state index >= 15 is 0 Å². The fourth-order valence-electron chi connectivity index (χ4n) is 3.74. The van der Waals surface area contributed by atoms with Gasteiger partial charge in [-0.05, 0) is 33.2 Å². The van der Waals surface area contributed by atoms with Crippen molar-refractivity contribution in [1.29, 1.82) is 0 Å². The van der Waals surface area contributed by atoms with Gasteiger partial charge in [-0.3, -0.25) is 4.79 Å². The van der Waals surface area contributed by atoms with Crippen LogP contribution in [0.1, 0.15) is 26.7 Å². The zero-order valence-corrected chi connectivity index (χ0v) is 16.5. The van der Waals surface area contributed by atoms with Gasteiger partial charge in [0.05, 0.1) is 18.2 Å². The zero-order chi connectivity index (χ0) is 17.3. The summed E-state index contributed by atoms with van der Waals surface area (Å²) in [5.41, 5.74) is 0. The second kappa shape index (κ2) is 8.49. The molecule has 3 unspecified atom stereocenters. The molecule has 3 saturated heterocycles. The summed E-state index contributed by atoms with van der Waals surface area (Å²) < 4.78 is 34.3. The minimum atomic E-state index is -3.49. The minimum Gasteiger partial charge on any atom is -0.373 e. The molecule has 0 aromatic carbocycles. The molecular formula is C15H29ClN4O4S. The van der Waals surface area contributed by atoms with Crippen LogP contribution in [0, 0.1) is 0 Å². The lowest BCUT2D eigenvalue weighted by atomic mass is 10.2. The molecule has 1 N–H and O–H groups in total. The Bertz CT molecular complexity index is 552. The molecule has 0 radical (unpaired) electrons. The van der Waals surface area contributed by atoms with Crippen molar-refractivity contribution in [2.75, 3.05) is 45.8 Å². The third kappa shape index (κ3) is 4.64. The van der Waals surface area contributed by atoms with Crippen LogP contribution in [-0.2, 0) is 19.7 Å². The van der Waals surface area contributed by atoms with Gasteiger partial charge < -0.3 is 15.0 Å². The molecule has 10 heteroatoms. The average Bonchev–Trinajstić information content (AvgIpc) is 3.08. The summed E-state index contributed by atoms with van der Waals surface area (Å²) in [5.74, 6) is 0.109. The molecule has 1 amide bonds. The summed E-state index contributed by atoms with van der Waals surface area (Å²) in [7, 11) is -3.49. The lowest BCUT2D eigenvalue weighted by Crippen LogP contribution is -2.58. The maximum Gasteiger partial charge on any atom is 0.282 e. The average molecular weight is 397 g/mol. The van der Waals surface area contributed by atoms with Crippen LogP contribution >= 0.6 is 12.4 Å². The highest BCUT2D eigenvalue weighted by molar-refractivity contribution is 7.86. The van der Waals surface area contributed by atoms with Crippen LogP contribution in [0.15, 0.2) is 0 Å². The number of hydrogen-bond acceptors (Lipinski definition) is 5. The van der Waals surface area contributed by atoms with Crippen LogP contribution in [0.25, 0.3) is 0 Å². The van der Waals surface area contributed by atoms with E-state index in [1.807, 2.05) is 13.8 Å². The monoisotopic (exact) mass is 396 g/mol. The lowest BCUT2D eigenvalue weighted by Gasteiger charge is -2.40. The Balaban J connectivity index is 0.00000225. The molecule has 0 spiro atoms. The Labute approximate surface area is 156 Å². The highest BCUT2D eigenvalue weighted by Gasteiger charge is 2.38. The molecule has 25 heavy (non-hydrogen) atoms. The summed E-state index contributed by atoms with van der Waals surface area (Å²) >= 11 is 0. The van der Waals surface area contributed by atoms with Crippen LogP contribution in [0.2, 0.25) is 0 Å². The standard InChI is InChI=1S/C15H28N4O4S.ClH/c1-12-10-19(11-13(2)23-12)24(21,22)18-8-6-17(7-9-18)15(20)14-4-3-5-16-14;/h12-14,16H,3-11H2,1-2H3;1H. The molecule has 0 aliphatic carbocycles. The van der Waals surface area contributed by atoms with Crippen molar-refractivity contribution < 1.29 is 17.9 Å². The van der Waals surface area contributed by atoms with Gasteiger partial charge in [0.15, 0.2) is 0 Å². The summed E-state index contributed by atoms with van der Waals surface area (Å²) in [6.45, 7) is 7.10. The number of nitrogens with one attached hydrogen (secondary N) is 1. The van der Waals surface area contributed by atoms with Crippen LogP contribution in [0.4, 0.5) is 0 Å². The first-order chi connectivity index (χ1) is 11.4. The van der Waals surface area contributed by atoms with Crippen molar-refractivity contribution in [3.63, 3.8) is 0 Å². The molecule has 3 rings (SSSR count). The van der Waals surface area contributed by atoms with Crippen molar-refractivity contribution in [2.45, 2.75) is 44.9 Å². The Hall–Kier alpha value is -0.450. The minimum absolute atomic E-state index is 0. The predicted octanol–water partition coefficient (Wildman–Crippen LogP) is -0.342. The Morgan fingerprint density at radius 2 is 1.64 bits per heavy atom. The number of hydrogen-bond donors (Lipinski definition) is 1. The molecule has 8 nitrogen and oxygen atoms in total. The fraction of sp³-hybridized carbons (Fsp3) is 0.933. The van der Waals surface area contributed by atoms with E-state index in [1.165, 1.54) is 8.61 Å². The van der Waals surface area contributed by atoms with Crippen molar-refractivity contribution >= 4 is 28.5 Å². The van der Waals surface area contributed by atoms with Gasteiger partial charge in [-0.25, -0.2) is 0 Å². The van der Waals surface area contributed by atoms with E-state index in [0.717, 1.165) is 19.4 Å². The van der Waals surface area contributed by atoms with Gasteiger partial charge in [0, 0.05) is 39.3 Å². The number of piperazine rings is 1. The number of nitrogens with zero attached hydrogens (tertiary/aromatic N) is 3. The van der Waals surface area contributed by atoms with E-state index in [1.54, 1.807) is 4.90 Å². The molecule has 0 aromatic rings. The summed E-state index contributed by atoms with van der Waals surface area (Å²) in [5, 5.41) is 3.21. The third-order valence-electron chi connectivity index (χ3n) is 4.95. The van der Waals surface area contributed by atoms with Crippen LogP contribution in [0.3, 0.4) is 0 Å². The highest BCUT2D eigenvalue weighted by Crippen LogP contribution is 2.19. The molecule has 3 atom stereocenters. The number of amides is 1. The molecule has 3 heterocycles. The third-order valence-corrected chi connectivity index (χ3v) is 6.92. The Morgan fingerprint density at radius 3 is 2.16 bits per heavy atom. The van der Waals surface area contributed by atoms with Gasteiger partial charge in [0.2, 0.25) is 5.91 Å². The molecule has 146 valence electrons. The molecular weight excluding hydrogens is 368 g/mol. The van der Waals surface area contributed by atoms with Crippen molar-refractivity contribution in [2.24, 2.45) is 0 Å². The van der Waals surface area contributed by atoms with Gasteiger partial charge in [-0.2, -0.15) is 17.0 Å². The molecule has 0 aromatic heterocycles. The number of halogens is 1. The van der Waals surface area contributed by atoms with Gasteiger partial charge in [0.1, 0.15) is 0 Å². The van der Waals surface area contributed by atoms with Gasteiger partial charge in [-0.15, -0.1) is 12.4 Å². The molecule has 3 fully saturated rings. The SMILES string of the molecule is CC1CN(S(=O)(=O)N2CCN(C(=O)C3CCCN3)CC2)CC(C)O1.Cl. The molecule has 0 saturated carbocycles. The second-order valence-electron chi connectivity index (χ2n) is 6.96. The maximum absolute atomic E-state index is 12.8. The molecule has 3 aliphatic heterocycles.